The highest BCUT2D eigenvalue weighted by Crippen LogP contribution is 2.17. The van der Waals surface area contributed by atoms with E-state index in [1.54, 1.807) is 6.26 Å². The number of rotatable bonds is 4. The van der Waals surface area contributed by atoms with Gasteiger partial charge >= 0.3 is 0 Å². The normalized spacial score (nSPS) is 18.5. The van der Waals surface area contributed by atoms with Gasteiger partial charge in [-0.15, -0.1) is 0 Å². The predicted octanol–water partition coefficient (Wildman–Crippen LogP) is 1.17. The molecule has 0 aliphatic carbocycles. The zero-order valence-corrected chi connectivity index (χ0v) is 13.8. The lowest BCUT2D eigenvalue weighted by molar-refractivity contribution is -0.670. The van der Waals surface area contributed by atoms with Crippen molar-refractivity contribution in [3.63, 3.8) is 0 Å². The monoisotopic (exact) mass is 324 g/mol. The van der Waals surface area contributed by atoms with Gasteiger partial charge in [0.15, 0.2) is 12.4 Å². The number of aryl methyl sites for hydroxylation is 1. The van der Waals surface area contributed by atoms with Gasteiger partial charge in [0.1, 0.15) is 24.9 Å². The minimum absolute atomic E-state index is 0.275. The van der Waals surface area contributed by atoms with E-state index in [0.29, 0.717) is 12.4 Å². The number of nitrogens with two attached hydrogens (primary N) is 1. The number of aliphatic imine (C=N–C) groups is 1. The number of fused-ring (bicyclic) bond motifs is 1. The number of nitrogens with one attached hydrogen (secondary N) is 1. The van der Waals surface area contributed by atoms with Crippen LogP contribution in [0.3, 0.4) is 0 Å². The maximum atomic E-state index is 6.12. The number of aromatic nitrogens is 2. The third-order valence-electron chi connectivity index (χ3n) is 4.48. The molecule has 4 heterocycles. The molecule has 1 aliphatic rings. The average molecular weight is 324 g/mol. The first-order valence-electron chi connectivity index (χ1n) is 8.25. The molecule has 0 radical (unpaired) electrons. The molecule has 24 heavy (non-hydrogen) atoms. The molecule has 3 aromatic heterocycles. The summed E-state index contributed by atoms with van der Waals surface area (Å²) in [7, 11) is 2.03. The third-order valence-corrected chi connectivity index (χ3v) is 4.48. The average Bonchev–Trinajstić information content (AvgIpc) is 3.29. The zero-order chi connectivity index (χ0) is 16.5. The molecule has 1 aliphatic heterocycles. The minimum atomic E-state index is 0.275. The molecule has 0 spiro atoms. The van der Waals surface area contributed by atoms with Crippen LogP contribution in [0.2, 0.25) is 0 Å². The van der Waals surface area contributed by atoms with E-state index in [4.69, 9.17) is 10.2 Å². The van der Waals surface area contributed by atoms with Crippen LogP contribution in [-0.2, 0) is 13.6 Å². The molecular weight excluding hydrogens is 302 g/mol. The Morgan fingerprint density at radius 1 is 1.50 bits per heavy atom. The molecular formula is C18H22N5O+. The first kappa shape index (κ1) is 15.0. The molecule has 1 atom stereocenters. The Morgan fingerprint density at radius 2 is 2.42 bits per heavy atom. The molecule has 0 bridgehead atoms. The molecule has 1 fully saturated rings. The van der Waals surface area contributed by atoms with Crippen LogP contribution in [0.5, 0.6) is 0 Å². The summed E-state index contributed by atoms with van der Waals surface area (Å²) in [5, 5.41) is 4.50. The molecule has 124 valence electrons. The fourth-order valence-electron chi connectivity index (χ4n) is 3.18. The third kappa shape index (κ3) is 2.92. The molecule has 4 rings (SSSR count). The zero-order valence-electron chi connectivity index (χ0n) is 13.8. The van der Waals surface area contributed by atoms with Gasteiger partial charge in [0, 0.05) is 18.8 Å². The van der Waals surface area contributed by atoms with E-state index in [1.807, 2.05) is 23.9 Å². The van der Waals surface area contributed by atoms with Crippen molar-refractivity contribution >= 4 is 16.7 Å². The molecule has 1 saturated heterocycles. The summed E-state index contributed by atoms with van der Waals surface area (Å²) in [6.07, 6.45) is 8.97. The van der Waals surface area contributed by atoms with Crippen LogP contribution < -0.4 is 15.6 Å². The Hall–Kier alpha value is -2.60. The Morgan fingerprint density at radius 3 is 3.25 bits per heavy atom. The standard InChI is InChI=1S/C18H22N5O/c1-22-6-4-17-13(10-22)3-7-23(17)11-16-8-14(12-24-16)18(19)21-15-2-5-20-9-15/h3-4,6-8,10,12,15,20H,2,5,9,11H2,1H3,(H2,19,21)/q+1. The number of furan rings is 1. The first-order chi connectivity index (χ1) is 11.7. The quantitative estimate of drug-likeness (QED) is 0.430. The second kappa shape index (κ2) is 6.13. The van der Waals surface area contributed by atoms with Gasteiger partial charge in [0.05, 0.1) is 29.1 Å². The fourth-order valence-corrected chi connectivity index (χ4v) is 3.18. The number of hydrogen-bond donors (Lipinski definition) is 2. The van der Waals surface area contributed by atoms with E-state index < -0.39 is 0 Å². The van der Waals surface area contributed by atoms with E-state index in [2.05, 4.69) is 39.4 Å². The Labute approximate surface area is 140 Å². The second-order valence-corrected chi connectivity index (χ2v) is 6.36. The van der Waals surface area contributed by atoms with Crippen molar-refractivity contribution in [2.24, 2.45) is 17.8 Å². The second-order valence-electron chi connectivity index (χ2n) is 6.36. The van der Waals surface area contributed by atoms with Crippen LogP contribution >= 0.6 is 0 Å². The van der Waals surface area contributed by atoms with Crippen molar-refractivity contribution in [2.45, 2.75) is 19.0 Å². The summed E-state index contributed by atoms with van der Waals surface area (Å²) in [6.45, 7) is 2.59. The van der Waals surface area contributed by atoms with E-state index in [1.165, 1.54) is 10.9 Å². The van der Waals surface area contributed by atoms with Crippen molar-refractivity contribution in [3.8, 4) is 0 Å². The number of pyridine rings is 1. The molecule has 1 unspecified atom stereocenters. The molecule has 3 N–H and O–H groups in total. The van der Waals surface area contributed by atoms with Crippen molar-refractivity contribution in [1.29, 1.82) is 0 Å². The largest absolute Gasteiger partial charge is 0.467 e. The van der Waals surface area contributed by atoms with E-state index in [-0.39, 0.29) is 6.04 Å². The highest BCUT2D eigenvalue weighted by molar-refractivity contribution is 5.97. The van der Waals surface area contributed by atoms with Gasteiger partial charge in [-0.25, -0.2) is 4.57 Å². The lowest BCUT2D eigenvalue weighted by Gasteiger charge is -2.03. The van der Waals surface area contributed by atoms with Gasteiger partial charge in [-0.05, 0) is 25.1 Å². The summed E-state index contributed by atoms with van der Waals surface area (Å²) >= 11 is 0. The molecule has 6 heteroatoms. The van der Waals surface area contributed by atoms with Crippen LogP contribution in [-0.4, -0.2) is 29.5 Å². The summed E-state index contributed by atoms with van der Waals surface area (Å²) in [4.78, 5) is 4.58. The lowest BCUT2D eigenvalue weighted by Crippen LogP contribution is -2.25. The minimum Gasteiger partial charge on any atom is -0.467 e. The Balaban J connectivity index is 1.54. The maximum absolute atomic E-state index is 6.12. The van der Waals surface area contributed by atoms with Crippen LogP contribution in [0, 0.1) is 0 Å². The van der Waals surface area contributed by atoms with E-state index in [0.717, 1.165) is 30.8 Å². The molecule has 0 saturated carbocycles. The van der Waals surface area contributed by atoms with Gasteiger partial charge < -0.3 is 20.0 Å². The molecule has 6 nitrogen and oxygen atoms in total. The Kier molecular flexibility index (Phi) is 3.82. The highest BCUT2D eigenvalue weighted by Gasteiger charge is 2.15. The number of amidine groups is 1. The summed E-state index contributed by atoms with van der Waals surface area (Å²) in [5.41, 5.74) is 8.17. The van der Waals surface area contributed by atoms with Gasteiger partial charge in [0.2, 0.25) is 0 Å². The number of hydrogen-bond acceptors (Lipinski definition) is 3. The summed E-state index contributed by atoms with van der Waals surface area (Å²) in [5.74, 6) is 1.43. The van der Waals surface area contributed by atoms with Gasteiger partial charge in [-0.2, -0.15) is 0 Å². The van der Waals surface area contributed by atoms with Crippen LogP contribution in [0.15, 0.2) is 52.5 Å². The number of nitrogens with zero attached hydrogens (tertiary/aromatic N) is 3. The van der Waals surface area contributed by atoms with Crippen LogP contribution in [0.4, 0.5) is 0 Å². The Bertz CT molecular complexity index is 886. The predicted molar refractivity (Wildman–Crippen MR) is 92.9 cm³/mol. The highest BCUT2D eigenvalue weighted by atomic mass is 16.3. The van der Waals surface area contributed by atoms with Crippen molar-refractivity contribution < 1.29 is 8.98 Å². The van der Waals surface area contributed by atoms with E-state index in [9.17, 15) is 0 Å². The van der Waals surface area contributed by atoms with Gasteiger partial charge in [-0.1, -0.05) is 0 Å². The first-order valence-corrected chi connectivity index (χ1v) is 8.25. The smallest absolute Gasteiger partial charge is 0.177 e. The SMILES string of the molecule is C[n+]1ccc2c(ccn2Cc2cc(C(N)=NC3CCNC3)co2)c1. The summed E-state index contributed by atoms with van der Waals surface area (Å²) < 4.78 is 9.91. The molecule has 3 aromatic rings. The topological polar surface area (TPSA) is 72.4 Å². The van der Waals surface area contributed by atoms with Gasteiger partial charge in [-0.3, -0.25) is 4.99 Å². The van der Waals surface area contributed by atoms with Crippen LogP contribution in [0.25, 0.3) is 10.9 Å². The molecule has 0 amide bonds. The fraction of sp³-hybridized carbons (Fsp3) is 0.333. The van der Waals surface area contributed by atoms with Crippen molar-refractivity contribution in [3.05, 3.63) is 54.4 Å². The van der Waals surface area contributed by atoms with Crippen molar-refractivity contribution in [1.82, 2.24) is 9.88 Å². The van der Waals surface area contributed by atoms with Gasteiger partial charge in [0.25, 0.3) is 0 Å². The maximum Gasteiger partial charge on any atom is 0.177 e. The van der Waals surface area contributed by atoms with Crippen LogP contribution in [0.1, 0.15) is 17.7 Å². The lowest BCUT2D eigenvalue weighted by atomic mass is 10.2. The molecule has 0 aromatic carbocycles. The van der Waals surface area contributed by atoms with Crippen molar-refractivity contribution in [2.75, 3.05) is 13.1 Å². The van der Waals surface area contributed by atoms with E-state index >= 15 is 0 Å². The summed E-state index contributed by atoms with van der Waals surface area (Å²) in [6, 6.07) is 6.48.